The highest BCUT2D eigenvalue weighted by Gasteiger charge is 2.17. The van der Waals surface area contributed by atoms with Gasteiger partial charge in [0.25, 0.3) is 0 Å². The SMILES string of the molecule is CCn1cc(S(=O)(=O)NCc2cnc[nH]2)cc1CO. The number of nitrogens with zero attached hydrogens (tertiary/aromatic N) is 2. The summed E-state index contributed by atoms with van der Waals surface area (Å²) < 4.78 is 28.3. The van der Waals surface area contributed by atoms with Gasteiger partial charge in [-0.3, -0.25) is 0 Å². The number of imidazole rings is 1. The predicted molar refractivity (Wildman–Crippen MR) is 68.6 cm³/mol. The van der Waals surface area contributed by atoms with Gasteiger partial charge >= 0.3 is 0 Å². The largest absolute Gasteiger partial charge is 0.390 e. The quantitative estimate of drug-likeness (QED) is 0.705. The first-order valence-corrected chi connectivity index (χ1v) is 7.32. The molecule has 0 saturated heterocycles. The van der Waals surface area contributed by atoms with Crippen LogP contribution in [0.15, 0.2) is 29.7 Å². The van der Waals surface area contributed by atoms with E-state index in [1.807, 2.05) is 6.92 Å². The number of aliphatic hydroxyl groups is 1. The van der Waals surface area contributed by atoms with Crippen LogP contribution in [0, 0.1) is 0 Å². The fourth-order valence-corrected chi connectivity index (χ4v) is 2.81. The van der Waals surface area contributed by atoms with E-state index in [1.54, 1.807) is 10.8 Å². The van der Waals surface area contributed by atoms with Crippen molar-refractivity contribution in [3.63, 3.8) is 0 Å². The molecule has 0 atom stereocenters. The average Bonchev–Trinajstić information content (AvgIpc) is 3.05. The van der Waals surface area contributed by atoms with Crippen molar-refractivity contribution in [2.45, 2.75) is 31.5 Å². The monoisotopic (exact) mass is 284 g/mol. The molecule has 0 aromatic carbocycles. The predicted octanol–water partition coefficient (Wildman–Crippen LogP) is 0.202. The van der Waals surface area contributed by atoms with Crippen molar-refractivity contribution in [3.05, 3.63) is 36.2 Å². The van der Waals surface area contributed by atoms with Gasteiger partial charge < -0.3 is 14.7 Å². The maximum atomic E-state index is 12.1. The van der Waals surface area contributed by atoms with Crippen LogP contribution >= 0.6 is 0 Å². The van der Waals surface area contributed by atoms with Gasteiger partial charge in [-0.1, -0.05) is 0 Å². The molecule has 0 aliphatic rings. The number of H-pyrrole nitrogens is 1. The number of rotatable bonds is 6. The number of aliphatic hydroxyl groups excluding tert-OH is 1. The zero-order valence-corrected chi connectivity index (χ0v) is 11.3. The first-order chi connectivity index (χ1) is 9.06. The number of hydrogen-bond donors (Lipinski definition) is 3. The van der Waals surface area contributed by atoms with Gasteiger partial charge in [-0.2, -0.15) is 0 Å². The molecule has 104 valence electrons. The summed E-state index contributed by atoms with van der Waals surface area (Å²) in [5, 5.41) is 9.16. The molecule has 0 aliphatic carbocycles. The lowest BCUT2D eigenvalue weighted by molar-refractivity contribution is 0.271. The van der Waals surface area contributed by atoms with E-state index in [4.69, 9.17) is 5.11 Å². The third-order valence-electron chi connectivity index (χ3n) is 2.78. The highest BCUT2D eigenvalue weighted by Crippen LogP contribution is 2.14. The van der Waals surface area contributed by atoms with E-state index >= 15 is 0 Å². The van der Waals surface area contributed by atoms with E-state index in [1.165, 1.54) is 18.6 Å². The molecule has 2 heterocycles. The van der Waals surface area contributed by atoms with Crippen molar-refractivity contribution in [2.24, 2.45) is 0 Å². The van der Waals surface area contributed by atoms with Crippen LogP contribution < -0.4 is 4.72 Å². The summed E-state index contributed by atoms with van der Waals surface area (Å²) in [6.45, 7) is 2.44. The normalized spacial score (nSPS) is 11.9. The van der Waals surface area contributed by atoms with E-state index in [0.29, 0.717) is 17.9 Å². The Balaban J connectivity index is 2.17. The number of sulfonamides is 1. The van der Waals surface area contributed by atoms with Crippen molar-refractivity contribution < 1.29 is 13.5 Å². The molecule has 2 aromatic rings. The molecule has 2 aromatic heterocycles. The summed E-state index contributed by atoms with van der Waals surface area (Å²) >= 11 is 0. The zero-order chi connectivity index (χ0) is 13.9. The molecule has 0 spiro atoms. The fraction of sp³-hybridized carbons (Fsp3) is 0.364. The highest BCUT2D eigenvalue weighted by molar-refractivity contribution is 7.89. The smallest absolute Gasteiger partial charge is 0.242 e. The molecule has 0 unspecified atom stereocenters. The number of hydrogen-bond acceptors (Lipinski definition) is 4. The highest BCUT2D eigenvalue weighted by atomic mass is 32.2. The number of nitrogens with one attached hydrogen (secondary N) is 2. The van der Waals surface area contributed by atoms with E-state index in [9.17, 15) is 8.42 Å². The van der Waals surface area contributed by atoms with Gasteiger partial charge in [0.2, 0.25) is 10.0 Å². The Morgan fingerprint density at radius 3 is 2.84 bits per heavy atom. The maximum absolute atomic E-state index is 12.1. The van der Waals surface area contributed by atoms with Crippen molar-refractivity contribution in [2.75, 3.05) is 0 Å². The summed E-state index contributed by atoms with van der Waals surface area (Å²) in [6, 6.07) is 1.47. The second kappa shape index (κ2) is 5.55. The Morgan fingerprint density at radius 1 is 1.53 bits per heavy atom. The van der Waals surface area contributed by atoms with Crippen LogP contribution in [0.25, 0.3) is 0 Å². The minimum absolute atomic E-state index is 0.147. The lowest BCUT2D eigenvalue weighted by Crippen LogP contribution is -2.23. The van der Waals surface area contributed by atoms with Crippen LogP contribution in [0.2, 0.25) is 0 Å². The lowest BCUT2D eigenvalue weighted by atomic mass is 10.4. The Morgan fingerprint density at radius 2 is 2.32 bits per heavy atom. The first-order valence-electron chi connectivity index (χ1n) is 5.83. The minimum atomic E-state index is -3.59. The van der Waals surface area contributed by atoms with E-state index in [0.717, 1.165) is 0 Å². The van der Waals surface area contributed by atoms with Gasteiger partial charge in [-0.15, -0.1) is 0 Å². The molecule has 19 heavy (non-hydrogen) atoms. The van der Waals surface area contributed by atoms with Gasteiger partial charge in [0, 0.05) is 30.3 Å². The second-order valence-corrected chi connectivity index (χ2v) is 5.78. The lowest BCUT2D eigenvalue weighted by Gasteiger charge is -2.03. The molecule has 8 heteroatoms. The van der Waals surface area contributed by atoms with Crippen LogP contribution in [-0.2, 0) is 29.7 Å². The number of aromatic nitrogens is 3. The third-order valence-corrected chi connectivity index (χ3v) is 4.15. The van der Waals surface area contributed by atoms with E-state index < -0.39 is 10.0 Å². The number of aryl methyl sites for hydroxylation is 1. The molecule has 0 fully saturated rings. The summed E-state index contributed by atoms with van der Waals surface area (Å²) in [5.74, 6) is 0. The molecule has 7 nitrogen and oxygen atoms in total. The summed E-state index contributed by atoms with van der Waals surface area (Å²) in [4.78, 5) is 6.78. The van der Waals surface area contributed by atoms with Gasteiger partial charge in [0.15, 0.2) is 0 Å². The average molecular weight is 284 g/mol. The Hall–Kier alpha value is -1.64. The van der Waals surface area contributed by atoms with Crippen molar-refractivity contribution in [1.29, 1.82) is 0 Å². The summed E-state index contributed by atoms with van der Waals surface area (Å²) in [5.41, 5.74) is 1.25. The Labute approximate surface area is 111 Å². The van der Waals surface area contributed by atoms with Crippen molar-refractivity contribution >= 4 is 10.0 Å². The van der Waals surface area contributed by atoms with Crippen LogP contribution in [0.5, 0.6) is 0 Å². The van der Waals surface area contributed by atoms with E-state index in [-0.39, 0.29) is 18.0 Å². The van der Waals surface area contributed by atoms with Gasteiger partial charge in [0.05, 0.1) is 24.4 Å². The molecule has 0 bridgehead atoms. The molecule has 0 radical (unpaired) electrons. The van der Waals surface area contributed by atoms with E-state index in [2.05, 4.69) is 14.7 Å². The van der Waals surface area contributed by atoms with Crippen LogP contribution in [0.3, 0.4) is 0 Å². The molecule has 0 amide bonds. The molecule has 2 rings (SSSR count). The third kappa shape index (κ3) is 3.03. The van der Waals surface area contributed by atoms with Crippen LogP contribution in [-0.4, -0.2) is 28.1 Å². The molecule has 0 saturated carbocycles. The van der Waals surface area contributed by atoms with Crippen LogP contribution in [0.4, 0.5) is 0 Å². The van der Waals surface area contributed by atoms with Gasteiger partial charge in [-0.25, -0.2) is 18.1 Å². The molecular formula is C11H16N4O3S. The summed E-state index contributed by atoms with van der Waals surface area (Å²) in [6.07, 6.45) is 4.56. The molecule has 0 aliphatic heterocycles. The minimum Gasteiger partial charge on any atom is -0.390 e. The Kier molecular flexibility index (Phi) is 4.03. The second-order valence-electron chi connectivity index (χ2n) is 4.01. The van der Waals surface area contributed by atoms with Gasteiger partial charge in [-0.05, 0) is 13.0 Å². The van der Waals surface area contributed by atoms with Crippen LogP contribution in [0.1, 0.15) is 18.3 Å². The fourth-order valence-electron chi connectivity index (χ4n) is 1.74. The standard InChI is InChI=1S/C11H16N4O3S/c1-2-15-6-11(3-10(15)7-16)19(17,18)14-5-9-4-12-8-13-9/h3-4,6,8,14,16H,2,5,7H2,1H3,(H,12,13). The number of aromatic amines is 1. The topological polar surface area (TPSA) is 100 Å². The van der Waals surface area contributed by atoms with Crippen molar-refractivity contribution in [1.82, 2.24) is 19.3 Å². The van der Waals surface area contributed by atoms with Crippen molar-refractivity contribution in [3.8, 4) is 0 Å². The molecular weight excluding hydrogens is 268 g/mol. The zero-order valence-electron chi connectivity index (χ0n) is 10.5. The summed E-state index contributed by atoms with van der Waals surface area (Å²) in [7, 11) is -3.59. The van der Waals surface area contributed by atoms with Gasteiger partial charge in [0.1, 0.15) is 0 Å². The first kappa shape index (κ1) is 13.8. The maximum Gasteiger partial charge on any atom is 0.242 e. The Bertz CT molecular complexity index is 609. The molecule has 3 N–H and O–H groups in total.